The van der Waals surface area contributed by atoms with Crippen LogP contribution < -0.4 is 10.6 Å². The summed E-state index contributed by atoms with van der Waals surface area (Å²) in [5, 5.41) is 0. The molecule has 1 aliphatic carbocycles. The first-order valence-electron chi connectivity index (χ1n) is 6.27. The fraction of sp³-hybridized carbons (Fsp3) is 0.615. The van der Waals surface area contributed by atoms with Crippen molar-refractivity contribution in [3.63, 3.8) is 0 Å². The summed E-state index contributed by atoms with van der Waals surface area (Å²) in [4.78, 5) is 7.01. The first-order chi connectivity index (χ1) is 7.86. The minimum atomic E-state index is 0.698. The van der Waals surface area contributed by atoms with E-state index in [0.717, 1.165) is 24.8 Å². The van der Waals surface area contributed by atoms with Crippen molar-refractivity contribution < 1.29 is 0 Å². The summed E-state index contributed by atoms with van der Waals surface area (Å²) >= 11 is 0. The van der Waals surface area contributed by atoms with Crippen molar-refractivity contribution >= 4 is 5.82 Å². The van der Waals surface area contributed by atoms with Crippen LogP contribution in [-0.2, 0) is 6.42 Å². The summed E-state index contributed by atoms with van der Waals surface area (Å²) in [6, 6.07) is 4.89. The van der Waals surface area contributed by atoms with Crippen molar-refractivity contribution in [2.75, 3.05) is 18.0 Å². The zero-order chi connectivity index (χ0) is 11.4. The number of nitrogens with zero attached hydrogens (tertiary/aromatic N) is 2. The maximum atomic E-state index is 5.65. The highest BCUT2D eigenvalue weighted by Gasteiger charge is 2.30. The minimum absolute atomic E-state index is 0.698. The fourth-order valence-electron chi connectivity index (χ4n) is 2.13. The Labute approximate surface area is 97.7 Å². The van der Waals surface area contributed by atoms with Crippen LogP contribution in [0.15, 0.2) is 18.3 Å². The topological polar surface area (TPSA) is 42.2 Å². The van der Waals surface area contributed by atoms with Gasteiger partial charge in [-0.05, 0) is 43.9 Å². The SMILES string of the molecule is CCCN(c1ncccc1CCN)C1CC1. The second-order valence-electron chi connectivity index (χ2n) is 4.45. The van der Waals surface area contributed by atoms with Gasteiger partial charge in [0.05, 0.1) is 0 Å². The third kappa shape index (κ3) is 2.53. The molecule has 0 aromatic carbocycles. The van der Waals surface area contributed by atoms with Crippen molar-refractivity contribution in [3.05, 3.63) is 23.9 Å². The van der Waals surface area contributed by atoms with E-state index < -0.39 is 0 Å². The Morgan fingerprint density at radius 2 is 2.31 bits per heavy atom. The fourth-order valence-corrected chi connectivity index (χ4v) is 2.13. The number of anilines is 1. The van der Waals surface area contributed by atoms with Crippen molar-refractivity contribution in [2.45, 2.75) is 38.6 Å². The number of hydrogen-bond donors (Lipinski definition) is 1. The molecule has 1 aromatic heterocycles. The monoisotopic (exact) mass is 219 g/mol. The van der Waals surface area contributed by atoms with Crippen LogP contribution in [0.1, 0.15) is 31.7 Å². The third-order valence-corrected chi connectivity index (χ3v) is 3.01. The zero-order valence-electron chi connectivity index (χ0n) is 10.0. The summed E-state index contributed by atoms with van der Waals surface area (Å²) in [6.07, 6.45) is 6.63. The molecule has 0 atom stereocenters. The van der Waals surface area contributed by atoms with E-state index in [4.69, 9.17) is 5.73 Å². The van der Waals surface area contributed by atoms with Crippen LogP contribution in [0.2, 0.25) is 0 Å². The number of aromatic nitrogens is 1. The molecule has 1 aliphatic rings. The molecule has 1 heterocycles. The molecule has 2 N–H and O–H groups in total. The van der Waals surface area contributed by atoms with Crippen LogP contribution in [0, 0.1) is 0 Å². The number of rotatable bonds is 6. The lowest BCUT2D eigenvalue weighted by atomic mass is 10.1. The Hall–Kier alpha value is -1.09. The highest BCUT2D eigenvalue weighted by Crippen LogP contribution is 2.32. The molecule has 0 bridgehead atoms. The van der Waals surface area contributed by atoms with E-state index >= 15 is 0 Å². The van der Waals surface area contributed by atoms with Gasteiger partial charge in [-0.15, -0.1) is 0 Å². The molecule has 0 amide bonds. The lowest BCUT2D eigenvalue weighted by Crippen LogP contribution is -2.28. The maximum absolute atomic E-state index is 5.65. The van der Waals surface area contributed by atoms with Gasteiger partial charge < -0.3 is 10.6 Å². The molecule has 2 rings (SSSR count). The predicted octanol–water partition coefficient (Wildman–Crippen LogP) is 1.96. The molecular formula is C13H21N3. The van der Waals surface area contributed by atoms with E-state index in [1.165, 1.54) is 24.8 Å². The van der Waals surface area contributed by atoms with Gasteiger partial charge in [-0.25, -0.2) is 4.98 Å². The molecule has 0 radical (unpaired) electrons. The van der Waals surface area contributed by atoms with Gasteiger partial charge in [0, 0.05) is 18.8 Å². The van der Waals surface area contributed by atoms with E-state index in [9.17, 15) is 0 Å². The van der Waals surface area contributed by atoms with Gasteiger partial charge in [-0.3, -0.25) is 0 Å². The Bertz CT molecular complexity index is 334. The quantitative estimate of drug-likeness (QED) is 0.795. The summed E-state index contributed by atoms with van der Waals surface area (Å²) < 4.78 is 0. The lowest BCUT2D eigenvalue weighted by molar-refractivity contribution is 0.742. The van der Waals surface area contributed by atoms with Gasteiger partial charge in [0.2, 0.25) is 0 Å². The summed E-state index contributed by atoms with van der Waals surface area (Å²) in [5.41, 5.74) is 6.95. The molecule has 0 saturated heterocycles. The largest absolute Gasteiger partial charge is 0.353 e. The Balaban J connectivity index is 2.21. The molecule has 16 heavy (non-hydrogen) atoms. The van der Waals surface area contributed by atoms with E-state index in [1.807, 2.05) is 12.3 Å². The Morgan fingerprint density at radius 3 is 2.94 bits per heavy atom. The second kappa shape index (κ2) is 5.30. The summed E-state index contributed by atoms with van der Waals surface area (Å²) in [7, 11) is 0. The molecule has 1 saturated carbocycles. The van der Waals surface area contributed by atoms with Gasteiger partial charge in [0.1, 0.15) is 5.82 Å². The Kier molecular flexibility index (Phi) is 3.78. The first-order valence-corrected chi connectivity index (χ1v) is 6.27. The smallest absolute Gasteiger partial charge is 0.131 e. The number of hydrogen-bond acceptors (Lipinski definition) is 3. The molecular weight excluding hydrogens is 198 g/mol. The van der Waals surface area contributed by atoms with Gasteiger partial charge in [-0.2, -0.15) is 0 Å². The molecule has 0 spiro atoms. The van der Waals surface area contributed by atoms with Gasteiger partial charge >= 0.3 is 0 Å². The van der Waals surface area contributed by atoms with Crippen LogP contribution in [-0.4, -0.2) is 24.1 Å². The molecule has 1 fully saturated rings. The zero-order valence-corrected chi connectivity index (χ0v) is 10.0. The average Bonchev–Trinajstić information content (AvgIpc) is 3.11. The van der Waals surface area contributed by atoms with Crippen LogP contribution in [0.5, 0.6) is 0 Å². The number of pyridine rings is 1. The van der Waals surface area contributed by atoms with Crippen molar-refractivity contribution in [1.29, 1.82) is 0 Å². The van der Waals surface area contributed by atoms with Crippen LogP contribution in [0.25, 0.3) is 0 Å². The van der Waals surface area contributed by atoms with Gasteiger partial charge in [0.15, 0.2) is 0 Å². The standard InChI is InChI=1S/C13H21N3/c1-2-10-16(12-5-6-12)13-11(7-8-14)4-3-9-15-13/h3-4,9,12H,2,5-8,10,14H2,1H3. The minimum Gasteiger partial charge on any atom is -0.353 e. The van der Waals surface area contributed by atoms with Crippen LogP contribution >= 0.6 is 0 Å². The molecule has 88 valence electrons. The first kappa shape index (κ1) is 11.4. The van der Waals surface area contributed by atoms with Crippen molar-refractivity contribution in [3.8, 4) is 0 Å². The molecule has 1 aromatic rings. The second-order valence-corrected chi connectivity index (χ2v) is 4.45. The Morgan fingerprint density at radius 1 is 1.50 bits per heavy atom. The highest BCUT2D eigenvalue weighted by molar-refractivity contribution is 5.49. The molecule has 3 heteroatoms. The summed E-state index contributed by atoms with van der Waals surface area (Å²) in [5.74, 6) is 1.16. The third-order valence-electron chi connectivity index (χ3n) is 3.01. The normalized spacial score (nSPS) is 15.1. The van der Waals surface area contributed by atoms with E-state index in [2.05, 4.69) is 22.9 Å². The average molecular weight is 219 g/mol. The van der Waals surface area contributed by atoms with E-state index in [1.54, 1.807) is 0 Å². The predicted molar refractivity (Wildman–Crippen MR) is 67.7 cm³/mol. The van der Waals surface area contributed by atoms with E-state index in [-0.39, 0.29) is 0 Å². The maximum Gasteiger partial charge on any atom is 0.131 e. The lowest BCUT2D eigenvalue weighted by Gasteiger charge is -2.25. The molecule has 3 nitrogen and oxygen atoms in total. The van der Waals surface area contributed by atoms with Gasteiger partial charge in [0.25, 0.3) is 0 Å². The molecule has 0 unspecified atom stereocenters. The molecule has 0 aliphatic heterocycles. The summed E-state index contributed by atoms with van der Waals surface area (Å²) in [6.45, 7) is 4.03. The van der Waals surface area contributed by atoms with Crippen LogP contribution in [0.3, 0.4) is 0 Å². The van der Waals surface area contributed by atoms with E-state index in [0.29, 0.717) is 6.54 Å². The van der Waals surface area contributed by atoms with Crippen molar-refractivity contribution in [1.82, 2.24) is 4.98 Å². The van der Waals surface area contributed by atoms with Crippen LogP contribution in [0.4, 0.5) is 5.82 Å². The highest BCUT2D eigenvalue weighted by atomic mass is 15.2. The van der Waals surface area contributed by atoms with Crippen molar-refractivity contribution in [2.24, 2.45) is 5.73 Å². The number of nitrogens with two attached hydrogens (primary N) is 1. The van der Waals surface area contributed by atoms with Gasteiger partial charge in [-0.1, -0.05) is 13.0 Å².